The zero-order valence-electron chi connectivity index (χ0n) is 7.14. The van der Waals surface area contributed by atoms with Crippen molar-refractivity contribution in [3.8, 4) is 0 Å². The minimum Gasteiger partial charge on any atom is -0.386 e. The molecule has 80 valence electrons. The van der Waals surface area contributed by atoms with Crippen LogP contribution in [0.25, 0.3) is 0 Å². The number of ether oxygens (including phenoxy) is 1. The lowest BCUT2D eigenvalue weighted by Gasteiger charge is -2.20. The van der Waals surface area contributed by atoms with E-state index in [2.05, 4.69) is 4.74 Å². The first kappa shape index (κ1) is 9.95. The lowest BCUT2D eigenvalue weighted by atomic mass is 9.93. The molecule has 5 atom stereocenters. The highest BCUT2D eigenvalue weighted by Gasteiger charge is 2.66. The predicted octanol–water partition coefficient (Wildman–Crippen LogP) is -0.465. The van der Waals surface area contributed by atoms with Crippen LogP contribution in [-0.4, -0.2) is 40.9 Å². The molecule has 2 N–H and O–H groups in total. The zero-order chi connectivity index (χ0) is 10.5. The fourth-order valence-electron chi connectivity index (χ4n) is 2.25. The van der Waals surface area contributed by atoms with Gasteiger partial charge in [0.05, 0.1) is 5.92 Å². The van der Waals surface area contributed by atoms with E-state index in [0.29, 0.717) is 6.29 Å². The molecule has 2 fully saturated rings. The Balaban J connectivity index is 2.30. The third kappa shape index (κ3) is 1.11. The van der Waals surface area contributed by atoms with Gasteiger partial charge in [0.25, 0.3) is 5.92 Å². The Labute approximate surface area is 78.5 Å². The predicted molar refractivity (Wildman–Crippen MR) is 39.5 cm³/mol. The first-order chi connectivity index (χ1) is 6.48. The number of alkyl halides is 2. The lowest BCUT2D eigenvalue weighted by molar-refractivity contribution is -0.198. The molecule has 0 aromatic rings. The number of carbonyl (C=O) groups is 1. The van der Waals surface area contributed by atoms with Crippen molar-refractivity contribution in [3.05, 3.63) is 0 Å². The zero-order valence-corrected chi connectivity index (χ0v) is 7.14. The highest BCUT2D eigenvalue weighted by atomic mass is 19.3. The molecule has 0 spiro atoms. The first-order valence-electron chi connectivity index (χ1n) is 4.33. The number of halogens is 2. The molecular formula is C8H10F2O4. The third-order valence-corrected chi connectivity index (χ3v) is 2.96. The van der Waals surface area contributed by atoms with Crippen molar-refractivity contribution in [2.24, 2.45) is 11.8 Å². The Kier molecular flexibility index (Phi) is 2.09. The number of fused-ring (bicyclic) bond motifs is 1. The second-order valence-corrected chi connectivity index (χ2v) is 3.74. The topological polar surface area (TPSA) is 66.8 Å². The average molecular weight is 208 g/mol. The van der Waals surface area contributed by atoms with Crippen molar-refractivity contribution in [1.29, 1.82) is 0 Å². The molecule has 0 aromatic heterocycles. The maximum Gasteiger partial charge on any atom is 0.300 e. The van der Waals surface area contributed by atoms with Gasteiger partial charge in [-0.3, -0.25) is 0 Å². The van der Waals surface area contributed by atoms with Crippen molar-refractivity contribution in [1.82, 2.24) is 0 Å². The van der Waals surface area contributed by atoms with Crippen LogP contribution in [0.15, 0.2) is 0 Å². The molecule has 1 aliphatic carbocycles. The molecule has 2 aliphatic rings. The molecule has 6 heteroatoms. The average Bonchev–Trinajstić information content (AvgIpc) is 2.55. The second kappa shape index (κ2) is 2.95. The van der Waals surface area contributed by atoms with Crippen LogP contribution in [0, 0.1) is 11.8 Å². The van der Waals surface area contributed by atoms with E-state index in [1.807, 2.05) is 0 Å². The summed E-state index contributed by atoms with van der Waals surface area (Å²) in [6.45, 7) is 0. The van der Waals surface area contributed by atoms with E-state index in [1.54, 1.807) is 0 Å². The summed E-state index contributed by atoms with van der Waals surface area (Å²) < 4.78 is 31.1. The fraction of sp³-hybridized carbons (Fsp3) is 0.875. The van der Waals surface area contributed by atoms with Crippen LogP contribution in [-0.2, 0) is 9.53 Å². The Bertz CT molecular complexity index is 258. The Hall–Kier alpha value is -0.590. The van der Waals surface area contributed by atoms with Gasteiger partial charge in [-0.05, 0) is 0 Å². The van der Waals surface area contributed by atoms with E-state index in [-0.39, 0.29) is 6.42 Å². The molecule has 0 bridgehead atoms. The SMILES string of the molecule is O=CC1C(O)C(F)(F)C2OC(O)C[C@H]12. The first-order valence-corrected chi connectivity index (χ1v) is 4.33. The van der Waals surface area contributed by atoms with Crippen LogP contribution in [0.3, 0.4) is 0 Å². The minimum absolute atomic E-state index is 0.0271. The van der Waals surface area contributed by atoms with Crippen molar-refractivity contribution in [2.75, 3.05) is 0 Å². The van der Waals surface area contributed by atoms with Gasteiger partial charge in [-0.25, -0.2) is 8.78 Å². The molecule has 0 radical (unpaired) electrons. The summed E-state index contributed by atoms with van der Waals surface area (Å²) in [7, 11) is 0. The second-order valence-electron chi connectivity index (χ2n) is 3.74. The number of aliphatic hydroxyl groups excluding tert-OH is 2. The van der Waals surface area contributed by atoms with Gasteiger partial charge in [0.15, 0.2) is 6.29 Å². The standard InChI is InChI=1S/C8H10F2O4/c9-8(10)6(13)4(2-11)3-1-5(12)14-7(3)8/h2-7,12-13H,1H2/t3-,4?,5?,6?,7?/m1/s1. The smallest absolute Gasteiger partial charge is 0.300 e. The van der Waals surface area contributed by atoms with E-state index < -0.39 is 36.3 Å². The van der Waals surface area contributed by atoms with Crippen molar-refractivity contribution >= 4 is 6.29 Å². The van der Waals surface area contributed by atoms with E-state index in [4.69, 9.17) is 10.2 Å². The molecule has 0 amide bonds. The summed E-state index contributed by atoms with van der Waals surface area (Å²) >= 11 is 0. The van der Waals surface area contributed by atoms with Crippen LogP contribution >= 0.6 is 0 Å². The molecule has 0 aromatic carbocycles. The fourth-order valence-corrected chi connectivity index (χ4v) is 2.25. The highest BCUT2D eigenvalue weighted by Crippen LogP contribution is 2.50. The van der Waals surface area contributed by atoms with Crippen molar-refractivity contribution < 1.29 is 28.5 Å². The van der Waals surface area contributed by atoms with Crippen molar-refractivity contribution in [3.63, 3.8) is 0 Å². The van der Waals surface area contributed by atoms with Gasteiger partial charge in [0.1, 0.15) is 18.5 Å². The van der Waals surface area contributed by atoms with Gasteiger partial charge < -0.3 is 19.7 Å². The Morgan fingerprint density at radius 3 is 2.64 bits per heavy atom. The molecule has 1 heterocycles. The molecule has 14 heavy (non-hydrogen) atoms. The van der Waals surface area contributed by atoms with Crippen LogP contribution < -0.4 is 0 Å². The van der Waals surface area contributed by atoms with Crippen LogP contribution in [0.5, 0.6) is 0 Å². The van der Waals surface area contributed by atoms with E-state index in [9.17, 15) is 13.6 Å². The van der Waals surface area contributed by atoms with Gasteiger partial charge >= 0.3 is 0 Å². The van der Waals surface area contributed by atoms with Crippen LogP contribution in [0.1, 0.15) is 6.42 Å². The largest absolute Gasteiger partial charge is 0.386 e. The number of carbonyl (C=O) groups excluding carboxylic acids is 1. The number of hydrogen-bond acceptors (Lipinski definition) is 4. The Morgan fingerprint density at radius 1 is 1.43 bits per heavy atom. The van der Waals surface area contributed by atoms with Gasteiger partial charge in [-0.2, -0.15) is 0 Å². The van der Waals surface area contributed by atoms with E-state index in [1.165, 1.54) is 0 Å². The summed E-state index contributed by atoms with van der Waals surface area (Å²) in [6, 6.07) is 0. The van der Waals surface area contributed by atoms with E-state index >= 15 is 0 Å². The molecule has 1 saturated heterocycles. The normalized spacial score (nSPS) is 50.4. The maximum atomic E-state index is 13.3. The molecule has 1 aliphatic heterocycles. The maximum absolute atomic E-state index is 13.3. The van der Waals surface area contributed by atoms with E-state index in [0.717, 1.165) is 0 Å². The molecule has 1 saturated carbocycles. The van der Waals surface area contributed by atoms with Gasteiger partial charge in [-0.1, -0.05) is 0 Å². The summed E-state index contributed by atoms with van der Waals surface area (Å²) in [5.41, 5.74) is 0. The van der Waals surface area contributed by atoms with Gasteiger partial charge in [0, 0.05) is 12.3 Å². The molecule has 2 rings (SSSR count). The minimum atomic E-state index is -3.45. The van der Waals surface area contributed by atoms with Gasteiger partial charge in [-0.15, -0.1) is 0 Å². The van der Waals surface area contributed by atoms with Gasteiger partial charge in [0.2, 0.25) is 0 Å². The van der Waals surface area contributed by atoms with Crippen LogP contribution in [0.2, 0.25) is 0 Å². The Morgan fingerprint density at radius 2 is 2.07 bits per heavy atom. The number of rotatable bonds is 1. The third-order valence-electron chi connectivity index (χ3n) is 2.96. The molecule has 4 nitrogen and oxygen atoms in total. The van der Waals surface area contributed by atoms with Crippen molar-refractivity contribution in [2.45, 2.75) is 30.8 Å². The molecular weight excluding hydrogens is 198 g/mol. The summed E-state index contributed by atoms with van der Waals surface area (Å²) in [5, 5.41) is 18.2. The summed E-state index contributed by atoms with van der Waals surface area (Å²) in [5.74, 6) is -5.38. The highest BCUT2D eigenvalue weighted by molar-refractivity contribution is 5.57. The summed E-state index contributed by atoms with van der Waals surface area (Å²) in [6.07, 6.45) is -4.51. The summed E-state index contributed by atoms with van der Waals surface area (Å²) in [4.78, 5) is 10.5. The quantitative estimate of drug-likeness (QED) is 0.572. The lowest BCUT2D eigenvalue weighted by Crippen LogP contribution is -2.40. The number of aliphatic hydroxyl groups is 2. The van der Waals surface area contributed by atoms with Crippen LogP contribution in [0.4, 0.5) is 8.78 Å². The molecule has 4 unspecified atom stereocenters. The number of hydrogen-bond donors (Lipinski definition) is 2. The monoisotopic (exact) mass is 208 g/mol. The number of aldehydes is 1.